The SMILES string of the molecule is C=CCOC(=C)CCOC(=C)/C(=C/C(=C/CCOC)C(=C)C)CCC=O. The van der Waals surface area contributed by atoms with Gasteiger partial charge in [-0.1, -0.05) is 44.0 Å². The molecule has 0 heterocycles. The van der Waals surface area contributed by atoms with E-state index in [9.17, 15) is 4.79 Å². The molecule has 0 saturated heterocycles. The zero-order valence-electron chi connectivity index (χ0n) is 16.2. The lowest BCUT2D eigenvalue weighted by Crippen LogP contribution is -2.02. The van der Waals surface area contributed by atoms with Crippen LogP contribution in [0.15, 0.2) is 72.8 Å². The second-order valence-corrected chi connectivity index (χ2v) is 5.76. The van der Waals surface area contributed by atoms with Crippen LogP contribution < -0.4 is 0 Å². The van der Waals surface area contributed by atoms with E-state index in [4.69, 9.17) is 14.2 Å². The molecule has 0 aliphatic carbocycles. The Balaban J connectivity index is 4.96. The molecule has 0 aromatic rings. The first kappa shape index (κ1) is 23.7. The highest BCUT2D eigenvalue weighted by atomic mass is 16.5. The monoisotopic (exact) mass is 360 g/mol. The standard InChI is InChI=1S/C22H32O4/c1-7-14-25-19(4)12-16-26-20(5)22(10-8-13-23)17-21(18(2)3)11-9-15-24-6/h7,11,13,17H,1-2,4-5,8-10,12,14-16H2,3,6H3/b21-11-,22-17+. The predicted molar refractivity (Wildman–Crippen MR) is 108 cm³/mol. The average molecular weight is 360 g/mol. The number of rotatable bonds is 16. The van der Waals surface area contributed by atoms with Crippen molar-refractivity contribution in [2.45, 2.75) is 32.6 Å². The Morgan fingerprint density at radius 3 is 2.35 bits per heavy atom. The van der Waals surface area contributed by atoms with Gasteiger partial charge in [0.15, 0.2) is 0 Å². The minimum absolute atomic E-state index is 0.406. The number of hydrogen-bond acceptors (Lipinski definition) is 4. The van der Waals surface area contributed by atoms with Crippen LogP contribution in [0.5, 0.6) is 0 Å². The van der Waals surface area contributed by atoms with E-state index in [1.165, 1.54) is 0 Å². The van der Waals surface area contributed by atoms with Crippen LogP contribution >= 0.6 is 0 Å². The number of methoxy groups -OCH3 is 1. The normalized spacial score (nSPS) is 11.6. The molecule has 0 saturated carbocycles. The molecular weight excluding hydrogens is 328 g/mol. The molecule has 4 nitrogen and oxygen atoms in total. The minimum atomic E-state index is 0.406. The van der Waals surface area contributed by atoms with Gasteiger partial charge in [0.1, 0.15) is 18.7 Å². The Kier molecular flexibility index (Phi) is 13.6. The van der Waals surface area contributed by atoms with Crippen molar-refractivity contribution in [1.29, 1.82) is 0 Å². The molecule has 0 aliphatic rings. The van der Waals surface area contributed by atoms with Gasteiger partial charge >= 0.3 is 0 Å². The van der Waals surface area contributed by atoms with Crippen molar-refractivity contribution in [3.8, 4) is 0 Å². The molecule has 0 aromatic heterocycles. The highest BCUT2D eigenvalue weighted by Gasteiger charge is 2.07. The molecule has 0 bridgehead atoms. The number of allylic oxidation sites excluding steroid dienone is 4. The van der Waals surface area contributed by atoms with Crippen LogP contribution in [-0.2, 0) is 19.0 Å². The number of carbonyl (C=O) groups excluding carboxylic acids is 1. The van der Waals surface area contributed by atoms with Crippen molar-refractivity contribution in [2.75, 3.05) is 26.9 Å². The van der Waals surface area contributed by atoms with Gasteiger partial charge in [-0.3, -0.25) is 0 Å². The summed E-state index contributed by atoms with van der Waals surface area (Å²) in [5.41, 5.74) is 2.80. The summed E-state index contributed by atoms with van der Waals surface area (Å²) in [4.78, 5) is 10.8. The molecular formula is C22H32O4. The topological polar surface area (TPSA) is 44.8 Å². The van der Waals surface area contributed by atoms with Gasteiger partial charge in [0, 0.05) is 26.6 Å². The Morgan fingerprint density at radius 2 is 1.77 bits per heavy atom. The number of aldehydes is 1. The van der Waals surface area contributed by atoms with E-state index in [1.54, 1.807) is 13.2 Å². The smallest absolute Gasteiger partial charge is 0.120 e. The fourth-order valence-corrected chi connectivity index (χ4v) is 2.01. The number of ether oxygens (including phenoxy) is 3. The third-order valence-corrected chi connectivity index (χ3v) is 3.46. The van der Waals surface area contributed by atoms with Crippen molar-refractivity contribution < 1.29 is 19.0 Å². The fraction of sp³-hybridized carbons (Fsp3) is 0.409. The molecule has 0 rings (SSSR count). The van der Waals surface area contributed by atoms with E-state index >= 15 is 0 Å². The lowest BCUT2D eigenvalue weighted by molar-refractivity contribution is -0.107. The van der Waals surface area contributed by atoms with Gasteiger partial charge in [0.25, 0.3) is 0 Å². The average Bonchev–Trinajstić information content (AvgIpc) is 2.61. The van der Waals surface area contributed by atoms with Crippen molar-refractivity contribution in [3.05, 3.63) is 72.8 Å². The zero-order chi connectivity index (χ0) is 19.8. The maximum absolute atomic E-state index is 10.8. The molecule has 0 fully saturated rings. The largest absolute Gasteiger partial charge is 0.494 e. The first-order valence-corrected chi connectivity index (χ1v) is 8.69. The summed E-state index contributed by atoms with van der Waals surface area (Å²) >= 11 is 0. The second-order valence-electron chi connectivity index (χ2n) is 5.76. The molecule has 0 N–H and O–H groups in total. The quantitative estimate of drug-likeness (QED) is 0.127. The Bertz CT molecular complexity index is 552. The van der Waals surface area contributed by atoms with E-state index in [-0.39, 0.29) is 0 Å². The Labute approximate surface area is 158 Å². The molecule has 0 aliphatic heterocycles. The van der Waals surface area contributed by atoms with E-state index in [0.29, 0.717) is 50.6 Å². The zero-order valence-corrected chi connectivity index (χ0v) is 16.2. The molecule has 26 heavy (non-hydrogen) atoms. The molecule has 4 heteroatoms. The molecule has 0 radical (unpaired) electrons. The molecule has 0 atom stereocenters. The van der Waals surface area contributed by atoms with Gasteiger partial charge in [-0.25, -0.2) is 0 Å². The summed E-state index contributed by atoms with van der Waals surface area (Å²) in [7, 11) is 1.67. The summed E-state index contributed by atoms with van der Waals surface area (Å²) < 4.78 is 16.1. The summed E-state index contributed by atoms with van der Waals surface area (Å²) in [5.74, 6) is 1.18. The summed E-state index contributed by atoms with van der Waals surface area (Å²) in [6.07, 6.45) is 8.91. The van der Waals surface area contributed by atoms with Crippen LogP contribution in [0.25, 0.3) is 0 Å². The van der Waals surface area contributed by atoms with Gasteiger partial charge in [-0.2, -0.15) is 0 Å². The summed E-state index contributed by atoms with van der Waals surface area (Å²) in [5, 5.41) is 0. The van der Waals surface area contributed by atoms with Gasteiger partial charge < -0.3 is 19.0 Å². The van der Waals surface area contributed by atoms with Crippen LogP contribution in [0, 0.1) is 0 Å². The first-order valence-electron chi connectivity index (χ1n) is 8.69. The molecule has 0 unspecified atom stereocenters. The van der Waals surface area contributed by atoms with Gasteiger partial charge in [0.05, 0.1) is 12.4 Å². The van der Waals surface area contributed by atoms with Crippen LogP contribution in [0.4, 0.5) is 0 Å². The van der Waals surface area contributed by atoms with Crippen LogP contribution in [0.3, 0.4) is 0 Å². The highest BCUT2D eigenvalue weighted by molar-refractivity contribution is 5.51. The number of hydrogen-bond donors (Lipinski definition) is 0. The maximum atomic E-state index is 10.8. The first-order chi connectivity index (χ1) is 12.5. The van der Waals surface area contributed by atoms with Gasteiger partial charge in [-0.15, -0.1) is 0 Å². The Hall–Kier alpha value is -2.33. The lowest BCUT2D eigenvalue weighted by atomic mass is 10.0. The van der Waals surface area contributed by atoms with Crippen molar-refractivity contribution >= 4 is 6.29 Å². The molecule has 0 amide bonds. The summed E-state index contributed by atoms with van der Waals surface area (Å²) in [6.45, 7) is 18.8. The van der Waals surface area contributed by atoms with E-state index in [0.717, 1.165) is 29.4 Å². The molecule has 0 spiro atoms. The highest BCUT2D eigenvalue weighted by Crippen LogP contribution is 2.21. The predicted octanol–water partition coefficient (Wildman–Crippen LogP) is 5.07. The fourth-order valence-electron chi connectivity index (χ4n) is 2.01. The van der Waals surface area contributed by atoms with Crippen molar-refractivity contribution in [1.82, 2.24) is 0 Å². The van der Waals surface area contributed by atoms with E-state index < -0.39 is 0 Å². The molecule has 0 aromatic carbocycles. The van der Waals surface area contributed by atoms with Gasteiger partial charge in [0.2, 0.25) is 0 Å². The third kappa shape index (κ3) is 11.3. The second kappa shape index (κ2) is 15.0. The van der Waals surface area contributed by atoms with Crippen molar-refractivity contribution in [2.24, 2.45) is 0 Å². The van der Waals surface area contributed by atoms with Crippen LogP contribution in [0.1, 0.15) is 32.6 Å². The lowest BCUT2D eigenvalue weighted by Gasteiger charge is -2.14. The number of carbonyl (C=O) groups is 1. The Morgan fingerprint density at radius 1 is 1.04 bits per heavy atom. The summed E-state index contributed by atoms with van der Waals surface area (Å²) in [6, 6.07) is 0. The van der Waals surface area contributed by atoms with Gasteiger partial charge in [-0.05, 0) is 37.0 Å². The van der Waals surface area contributed by atoms with Crippen LogP contribution in [0.2, 0.25) is 0 Å². The minimum Gasteiger partial charge on any atom is -0.494 e. The van der Waals surface area contributed by atoms with Crippen molar-refractivity contribution in [3.63, 3.8) is 0 Å². The van der Waals surface area contributed by atoms with E-state index in [1.807, 2.05) is 13.0 Å². The van der Waals surface area contributed by atoms with Crippen LogP contribution in [-0.4, -0.2) is 33.2 Å². The van der Waals surface area contributed by atoms with E-state index in [2.05, 4.69) is 32.4 Å². The third-order valence-electron chi connectivity index (χ3n) is 3.46. The maximum Gasteiger partial charge on any atom is 0.120 e. The molecule has 144 valence electrons.